The number of hydrogen-bond donors (Lipinski definition) is 1. The van der Waals surface area contributed by atoms with Gasteiger partial charge in [-0.25, -0.2) is 8.42 Å². The van der Waals surface area contributed by atoms with Gasteiger partial charge in [0.2, 0.25) is 9.84 Å². The zero-order valence-corrected chi connectivity index (χ0v) is 19.0. The third-order valence-electron chi connectivity index (χ3n) is 5.43. The number of sulfone groups is 1. The molecule has 0 atom stereocenters. The lowest BCUT2D eigenvalue weighted by Crippen LogP contribution is -2.08. The number of nitrogens with one attached hydrogen (secondary N) is 1. The van der Waals surface area contributed by atoms with E-state index in [1.54, 1.807) is 24.3 Å². The molecular formula is C25H22N2O6S. The predicted molar refractivity (Wildman–Crippen MR) is 126 cm³/mol. The van der Waals surface area contributed by atoms with Gasteiger partial charge >= 0.3 is 5.97 Å². The first-order chi connectivity index (χ1) is 16.4. The summed E-state index contributed by atoms with van der Waals surface area (Å²) in [5, 5.41) is 11.8. The number of nitro groups is 1. The molecule has 1 aromatic heterocycles. The Kier molecular flexibility index (Phi) is 6.74. The number of benzene rings is 3. The van der Waals surface area contributed by atoms with Crippen LogP contribution in [-0.2, 0) is 32.4 Å². The molecule has 4 rings (SSSR count). The zero-order valence-electron chi connectivity index (χ0n) is 18.1. The molecule has 0 spiro atoms. The Balaban J connectivity index is 1.55. The van der Waals surface area contributed by atoms with Crippen molar-refractivity contribution in [3.63, 3.8) is 0 Å². The molecule has 0 fully saturated rings. The first-order valence-corrected chi connectivity index (χ1v) is 12.1. The average Bonchev–Trinajstić information content (AvgIpc) is 3.23. The van der Waals surface area contributed by atoms with Gasteiger partial charge < -0.3 is 9.72 Å². The molecular weight excluding hydrogens is 456 g/mol. The molecule has 1 N–H and O–H groups in total. The standard InChI is InChI=1S/C25H22N2O6S/c28-24(33-17-18-8-2-1-3-9-18)15-7-13-22-21-12-4-5-14-23(21)26-25(22)34(31,32)20-11-6-10-19(16-20)27(29)30/h1-6,8-12,14,16,26H,7,13,15,17H2. The first-order valence-electron chi connectivity index (χ1n) is 10.6. The number of aromatic nitrogens is 1. The molecule has 0 unspecified atom stereocenters. The SMILES string of the molecule is O=C(CCCc1c(S(=O)(=O)c2cccc([N+](=O)[O-])c2)[nH]c2ccccc12)OCc1ccccc1. The lowest BCUT2D eigenvalue weighted by molar-refractivity contribution is -0.385. The molecule has 9 heteroatoms. The maximum absolute atomic E-state index is 13.4. The Labute approximate surface area is 196 Å². The smallest absolute Gasteiger partial charge is 0.306 e. The van der Waals surface area contributed by atoms with Crippen molar-refractivity contribution >= 4 is 32.4 Å². The van der Waals surface area contributed by atoms with Gasteiger partial charge in [-0.05, 0) is 36.1 Å². The highest BCUT2D eigenvalue weighted by Crippen LogP contribution is 2.32. The summed E-state index contributed by atoms with van der Waals surface area (Å²) < 4.78 is 32.1. The summed E-state index contributed by atoms with van der Waals surface area (Å²) >= 11 is 0. The number of esters is 1. The number of aryl methyl sites for hydroxylation is 1. The average molecular weight is 479 g/mol. The van der Waals surface area contributed by atoms with Crippen LogP contribution >= 0.6 is 0 Å². The zero-order chi connectivity index (χ0) is 24.1. The van der Waals surface area contributed by atoms with E-state index in [0.29, 0.717) is 23.9 Å². The second-order valence-electron chi connectivity index (χ2n) is 7.74. The highest BCUT2D eigenvalue weighted by Gasteiger charge is 2.26. The van der Waals surface area contributed by atoms with Crippen LogP contribution in [0.25, 0.3) is 10.9 Å². The first kappa shape index (κ1) is 23.2. The van der Waals surface area contributed by atoms with Crippen LogP contribution in [0.3, 0.4) is 0 Å². The second kappa shape index (κ2) is 9.88. The Morgan fingerprint density at radius 2 is 1.71 bits per heavy atom. The molecule has 4 aromatic rings. The lowest BCUT2D eigenvalue weighted by Gasteiger charge is -2.08. The van der Waals surface area contributed by atoms with Crippen LogP contribution < -0.4 is 0 Å². The maximum Gasteiger partial charge on any atom is 0.306 e. The van der Waals surface area contributed by atoms with Crippen LogP contribution in [0.2, 0.25) is 0 Å². The molecule has 0 aliphatic heterocycles. The minimum Gasteiger partial charge on any atom is -0.461 e. The van der Waals surface area contributed by atoms with E-state index >= 15 is 0 Å². The van der Waals surface area contributed by atoms with Gasteiger partial charge in [-0.2, -0.15) is 0 Å². The van der Waals surface area contributed by atoms with E-state index in [1.807, 2.05) is 30.3 Å². The third kappa shape index (κ3) is 4.99. The molecule has 0 bridgehead atoms. The Morgan fingerprint density at radius 3 is 2.47 bits per heavy atom. The molecule has 0 amide bonds. The number of ether oxygens (including phenoxy) is 1. The molecule has 0 aliphatic carbocycles. The molecule has 174 valence electrons. The van der Waals surface area contributed by atoms with E-state index in [2.05, 4.69) is 4.98 Å². The minimum absolute atomic E-state index is 0.0214. The number of para-hydroxylation sites is 1. The molecule has 8 nitrogen and oxygen atoms in total. The number of non-ortho nitro benzene ring substituents is 1. The number of carbonyl (C=O) groups is 1. The van der Waals surface area contributed by atoms with E-state index in [0.717, 1.165) is 17.0 Å². The summed E-state index contributed by atoms with van der Waals surface area (Å²) in [5.74, 6) is -0.369. The van der Waals surface area contributed by atoms with Crippen molar-refractivity contribution in [1.29, 1.82) is 0 Å². The Bertz CT molecular complexity index is 1440. The number of aromatic amines is 1. The molecule has 1 heterocycles. The summed E-state index contributed by atoms with van der Waals surface area (Å²) in [6.45, 7) is 0.180. The van der Waals surface area contributed by atoms with Crippen molar-refractivity contribution in [3.8, 4) is 0 Å². The van der Waals surface area contributed by atoms with Gasteiger partial charge in [-0.3, -0.25) is 14.9 Å². The highest BCUT2D eigenvalue weighted by atomic mass is 32.2. The van der Waals surface area contributed by atoms with Gasteiger partial charge in [0, 0.05) is 29.5 Å². The number of fused-ring (bicyclic) bond motifs is 1. The highest BCUT2D eigenvalue weighted by molar-refractivity contribution is 7.91. The van der Waals surface area contributed by atoms with Crippen molar-refractivity contribution in [3.05, 3.63) is 100 Å². The molecule has 0 saturated carbocycles. The number of hydrogen-bond acceptors (Lipinski definition) is 6. The molecule has 0 radical (unpaired) electrons. The quantitative estimate of drug-likeness (QED) is 0.206. The second-order valence-corrected chi connectivity index (χ2v) is 9.62. The monoisotopic (exact) mass is 478 g/mol. The van der Waals surface area contributed by atoms with Gasteiger partial charge in [0.1, 0.15) is 11.6 Å². The van der Waals surface area contributed by atoms with Gasteiger partial charge in [0.25, 0.3) is 5.69 Å². The number of carbonyl (C=O) groups excluding carboxylic acids is 1. The van der Waals surface area contributed by atoms with Gasteiger partial charge in [0.15, 0.2) is 0 Å². The van der Waals surface area contributed by atoms with Crippen LogP contribution in [0.15, 0.2) is 88.8 Å². The van der Waals surface area contributed by atoms with Crippen molar-refractivity contribution in [2.75, 3.05) is 0 Å². The van der Waals surface area contributed by atoms with Crippen molar-refractivity contribution in [2.24, 2.45) is 0 Å². The Hall–Kier alpha value is -3.98. The number of H-pyrrole nitrogens is 1. The summed E-state index contributed by atoms with van der Waals surface area (Å²) in [6, 6.07) is 21.5. The fourth-order valence-corrected chi connectivity index (χ4v) is 5.30. The largest absolute Gasteiger partial charge is 0.461 e. The van der Waals surface area contributed by atoms with Crippen molar-refractivity contribution in [2.45, 2.75) is 35.8 Å². The van der Waals surface area contributed by atoms with E-state index < -0.39 is 14.8 Å². The molecule has 0 aliphatic rings. The molecule has 34 heavy (non-hydrogen) atoms. The molecule has 0 saturated heterocycles. The fourth-order valence-electron chi connectivity index (χ4n) is 3.75. The van der Waals surface area contributed by atoms with E-state index in [9.17, 15) is 23.3 Å². The topological polar surface area (TPSA) is 119 Å². The van der Waals surface area contributed by atoms with Gasteiger partial charge in [0.05, 0.1) is 9.82 Å². The van der Waals surface area contributed by atoms with Gasteiger partial charge in [-0.15, -0.1) is 0 Å². The fraction of sp³-hybridized carbons (Fsp3) is 0.160. The van der Waals surface area contributed by atoms with Gasteiger partial charge in [-0.1, -0.05) is 54.6 Å². The van der Waals surface area contributed by atoms with Crippen LogP contribution in [0, 0.1) is 10.1 Å². The summed E-state index contributed by atoms with van der Waals surface area (Å²) in [5.41, 5.74) is 1.75. The molecule has 3 aromatic carbocycles. The summed E-state index contributed by atoms with van der Waals surface area (Å²) in [7, 11) is -4.06. The predicted octanol–water partition coefficient (Wildman–Crippen LogP) is 4.98. The number of nitro benzene ring substituents is 1. The summed E-state index contributed by atoms with van der Waals surface area (Å²) in [6.07, 6.45) is 0.823. The third-order valence-corrected chi connectivity index (χ3v) is 7.19. The van der Waals surface area contributed by atoms with Crippen LogP contribution in [-0.4, -0.2) is 24.3 Å². The van der Waals surface area contributed by atoms with E-state index in [4.69, 9.17) is 4.74 Å². The maximum atomic E-state index is 13.4. The lowest BCUT2D eigenvalue weighted by atomic mass is 10.1. The van der Waals surface area contributed by atoms with Crippen LogP contribution in [0.4, 0.5) is 5.69 Å². The van der Waals surface area contributed by atoms with Crippen molar-refractivity contribution in [1.82, 2.24) is 4.98 Å². The number of rotatable bonds is 9. The summed E-state index contributed by atoms with van der Waals surface area (Å²) in [4.78, 5) is 25.5. The van der Waals surface area contributed by atoms with Crippen LogP contribution in [0.5, 0.6) is 0 Å². The number of nitrogens with zero attached hydrogens (tertiary/aromatic N) is 1. The Morgan fingerprint density at radius 1 is 0.971 bits per heavy atom. The normalized spacial score (nSPS) is 11.4. The van der Waals surface area contributed by atoms with E-state index in [-0.39, 0.29) is 34.6 Å². The van der Waals surface area contributed by atoms with Crippen LogP contribution in [0.1, 0.15) is 24.0 Å². The minimum atomic E-state index is -4.06. The van der Waals surface area contributed by atoms with E-state index in [1.165, 1.54) is 18.2 Å². The van der Waals surface area contributed by atoms with Crippen molar-refractivity contribution < 1.29 is 22.9 Å².